The number of unbranched alkanes of at least 4 members (excludes halogenated alkanes) is 3. The molecule has 0 aromatic heterocycles. The predicted octanol–water partition coefficient (Wildman–Crippen LogP) is 6.04. The molecule has 0 saturated heterocycles. The minimum Gasteiger partial charge on any atom is -0.316 e. The lowest BCUT2D eigenvalue weighted by Gasteiger charge is -2.37. The van der Waals surface area contributed by atoms with Gasteiger partial charge in [-0.2, -0.15) is 0 Å². The van der Waals surface area contributed by atoms with Gasteiger partial charge in [0.1, 0.15) is 0 Å². The Morgan fingerprint density at radius 3 is 2.38 bits per heavy atom. The first-order valence-electron chi connectivity index (χ1n) is 9.88. The molecule has 0 radical (unpaired) electrons. The van der Waals surface area contributed by atoms with Gasteiger partial charge in [-0.05, 0) is 49.6 Å². The van der Waals surface area contributed by atoms with Crippen molar-refractivity contribution in [2.75, 3.05) is 13.1 Å². The van der Waals surface area contributed by atoms with E-state index in [0.29, 0.717) is 0 Å². The van der Waals surface area contributed by atoms with Gasteiger partial charge in [0.25, 0.3) is 0 Å². The van der Waals surface area contributed by atoms with Crippen LogP contribution in [0.2, 0.25) is 0 Å². The number of rotatable bonds is 11. The van der Waals surface area contributed by atoms with Crippen LogP contribution in [-0.4, -0.2) is 13.1 Å². The van der Waals surface area contributed by atoms with E-state index in [9.17, 15) is 0 Å². The predicted molar refractivity (Wildman–Crippen MR) is 95.7 cm³/mol. The summed E-state index contributed by atoms with van der Waals surface area (Å²) in [5.41, 5.74) is 0. The van der Waals surface area contributed by atoms with E-state index in [0.717, 1.165) is 23.7 Å². The van der Waals surface area contributed by atoms with Crippen LogP contribution in [0.25, 0.3) is 0 Å². The number of hydrogen-bond donors (Lipinski definition) is 1. The quantitative estimate of drug-likeness (QED) is 0.458. The fraction of sp³-hybridized carbons (Fsp3) is 1.00. The topological polar surface area (TPSA) is 12.0 Å². The molecule has 1 aliphatic carbocycles. The molecule has 3 atom stereocenters. The van der Waals surface area contributed by atoms with E-state index in [4.69, 9.17) is 0 Å². The molecule has 0 aliphatic heterocycles. The zero-order valence-corrected chi connectivity index (χ0v) is 15.3. The summed E-state index contributed by atoms with van der Waals surface area (Å²) >= 11 is 0. The van der Waals surface area contributed by atoms with Crippen molar-refractivity contribution in [3.63, 3.8) is 0 Å². The van der Waals surface area contributed by atoms with Crippen molar-refractivity contribution in [3.05, 3.63) is 0 Å². The molecule has 0 amide bonds. The molecule has 21 heavy (non-hydrogen) atoms. The normalized spacial score (nSPS) is 26.4. The second-order valence-corrected chi connectivity index (χ2v) is 7.89. The van der Waals surface area contributed by atoms with Gasteiger partial charge in [-0.25, -0.2) is 0 Å². The second kappa shape index (κ2) is 11.5. The maximum Gasteiger partial charge on any atom is -0.00178 e. The Morgan fingerprint density at radius 2 is 1.71 bits per heavy atom. The molecule has 1 rings (SSSR count). The summed E-state index contributed by atoms with van der Waals surface area (Å²) in [5, 5.41) is 3.73. The van der Waals surface area contributed by atoms with E-state index in [1.54, 1.807) is 0 Å². The van der Waals surface area contributed by atoms with Gasteiger partial charge in [0.05, 0.1) is 0 Å². The van der Waals surface area contributed by atoms with Crippen LogP contribution in [0.3, 0.4) is 0 Å². The highest BCUT2D eigenvalue weighted by Gasteiger charge is 2.29. The van der Waals surface area contributed by atoms with Gasteiger partial charge >= 0.3 is 0 Å². The van der Waals surface area contributed by atoms with Crippen LogP contribution in [0, 0.1) is 23.7 Å². The lowest BCUT2D eigenvalue weighted by Crippen LogP contribution is -2.34. The SMILES string of the molecule is CCCCCCC1CC(CCC)CCC1CNCC(C)C. The van der Waals surface area contributed by atoms with E-state index in [-0.39, 0.29) is 0 Å². The molecule has 1 aliphatic rings. The van der Waals surface area contributed by atoms with Crippen LogP contribution in [0.4, 0.5) is 0 Å². The molecule has 0 aromatic rings. The Bertz CT molecular complexity index is 236. The van der Waals surface area contributed by atoms with E-state index >= 15 is 0 Å². The van der Waals surface area contributed by atoms with Gasteiger partial charge in [-0.1, -0.05) is 79.1 Å². The van der Waals surface area contributed by atoms with Crippen LogP contribution in [0.1, 0.15) is 91.9 Å². The summed E-state index contributed by atoms with van der Waals surface area (Å²) in [7, 11) is 0. The zero-order chi connectivity index (χ0) is 15.5. The highest BCUT2D eigenvalue weighted by molar-refractivity contribution is 4.81. The molecule has 1 fully saturated rings. The van der Waals surface area contributed by atoms with E-state index in [1.165, 1.54) is 77.3 Å². The van der Waals surface area contributed by atoms with Crippen LogP contribution >= 0.6 is 0 Å². The molecule has 1 N–H and O–H groups in total. The van der Waals surface area contributed by atoms with Crippen molar-refractivity contribution >= 4 is 0 Å². The maximum atomic E-state index is 3.73. The first-order chi connectivity index (χ1) is 10.2. The third kappa shape index (κ3) is 8.24. The van der Waals surface area contributed by atoms with Crippen LogP contribution in [-0.2, 0) is 0 Å². The molecule has 0 spiro atoms. The van der Waals surface area contributed by atoms with E-state index in [2.05, 4.69) is 33.0 Å². The standard InChI is InChI=1S/C20H41N/c1-5-7-8-9-11-19-14-18(10-6-2)12-13-20(19)16-21-15-17(3)4/h17-21H,5-16H2,1-4H3. The van der Waals surface area contributed by atoms with Gasteiger partial charge in [0, 0.05) is 0 Å². The monoisotopic (exact) mass is 295 g/mol. The highest BCUT2D eigenvalue weighted by Crippen LogP contribution is 2.38. The number of nitrogens with one attached hydrogen (secondary N) is 1. The molecule has 3 unspecified atom stereocenters. The average Bonchev–Trinajstić information content (AvgIpc) is 2.45. The van der Waals surface area contributed by atoms with Crippen LogP contribution in [0.15, 0.2) is 0 Å². The summed E-state index contributed by atoms with van der Waals surface area (Å²) in [4.78, 5) is 0. The van der Waals surface area contributed by atoms with E-state index in [1.807, 2.05) is 0 Å². The summed E-state index contributed by atoms with van der Waals surface area (Å²) in [6.45, 7) is 11.8. The first-order valence-corrected chi connectivity index (χ1v) is 9.88. The van der Waals surface area contributed by atoms with Gasteiger partial charge in [-0.3, -0.25) is 0 Å². The fourth-order valence-electron chi connectivity index (χ4n) is 4.11. The Morgan fingerprint density at radius 1 is 0.905 bits per heavy atom. The van der Waals surface area contributed by atoms with Gasteiger partial charge in [0.15, 0.2) is 0 Å². The molecular weight excluding hydrogens is 254 g/mol. The Balaban J connectivity index is 2.37. The summed E-state index contributed by atoms with van der Waals surface area (Å²) in [5.74, 6) is 3.78. The highest BCUT2D eigenvalue weighted by atomic mass is 14.9. The minimum absolute atomic E-state index is 0.782. The smallest absolute Gasteiger partial charge is 0.00178 e. The third-order valence-electron chi connectivity index (χ3n) is 5.33. The molecule has 0 bridgehead atoms. The van der Waals surface area contributed by atoms with E-state index < -0.39 is 0 Å². The summed E-state index contributed by atoms with van der Waals surface area (Å²) < 4.78 is 0. The van der Waals surface area contributed by atoms with Gasteiger partial charge < -0.3 is 5.32 Å². The summed E-state index contributed by atoms with van der Waals surface area (Å²) in [6.07, 6.45) is 14.6. The lowest BCUT2D eigenvalue weighted by molar-refractivity contribution is 0.155. The lowest BCUT2D eigenvalue weighted by atomic mass is 9.71. The summed E-state index contributed by atoms with van der Waals surface area (Å²) in [6, 6.07) is 0. The largest absolute Gasteiger partial charge is 0.316 e. The van der Waals surface area contributed by atoms with Crippen molar-refractivity contribution in [1.82, 2.24) is 5.32 Å². The molecule has 1 saturated carbocycles. The van der Waals surface area contributed by atoms with Crippen molar-refractivity contribution in [3.8, 4) is 0 Å². The van der Waals surface area contributed by atoms with Crippen molar-refractivity contribution < 1.29 is 0 Å². The van der Waals surface area contributed by atoms with Crippen molar-refractivity contribution in [2.24, 2.45) is 23.7 Å². The first kappa shape index (κ1) is 19.0. The molecular formula is C20H41N. The number of hydrogen-bond acceptors (Lipinski definition) is 1. The molecule has 1 heteroatoms. The van der Waals surface area contributed by atoms with Gasteiger partial charge in [-0.15, -0.1) is 0 Å². The van der Waals surface area contributed by atoms with Gasteiger partial charge in [0.2, 0.25) is 0 Å². The third-order valence-corrected chi connectivity index (χ3v) is 5.33. The van der Waals surface area contributed by atoms with Crippen LogP contribution < -0.4 is 5.32 Å². The molecule has 0 heterocycles. The molecule has 126 valence electrons. The Kier molecular flexibility index (Phi) is 10.4. The fourth-order valence-corrected chi connectivity index (χ4v) is 4.11. The minimum atomic E-state index is 0.782. The molecule has 1 nitrogen and oxygen atoms in total. The average molecular weight is 296 g/mol. The Hall–Kier alpha value is -0.0400. The molecule has 0 aromatic carbocycles. The van der Waals surface area contributed by atoms with Crippen molar-refractivity contribution in [1.29, 1.82) is 0 Å². The maximum absolute atomic E-state index is 3.73. The van der Waals surface area contributed by atoms with Crippen LogP contribution in [0.5, 0.6) is 0 Å². The van der Waals surface area contributed by atoms with Crippen molar-refractivity contribution in [2.45, 2.75) is 91.9 Å². The Labute approximate surface area is 134 Å². The zero-order valence-electron chi connectivity index (χ0n) is 15.3. The second-order valence-electron chi connectivity index (χ2n) is 7.89.